The minimum Gasteiger partial charge on any atom is -0.398 e. The maximum atomic E-state index is 13.7. The van der Waals surface area contributed by atoms with Crippen LogP contribution in [0.15, 0.2) is 24.3 Å². The third kappa shape index (κ3) is 9.71. The summed E-state index contributed by atoms with van der Waals surface area (Å²) in [5.41, 5.74) is 14.7. The summed E-state index contributed by atoms with van der Waals surface area (Å²) in [5, 5.41) is 15.7. The van der Waals surface area contributed by atoms with Crippen LogP contribution in [-0.4, -0.2) is 94.9 Å². The maximum absolute atomic E-state index is 13.7. The molecule has 5 aliphatic heterocycles. The molecule has 2 aromatic carbocycles. The molecule has 7 heterocycles. The van der Waals surface area contributed by atoms with E-state index in [1.165, 1.54) is 25.0 Å². The molecule has 18 heteroatoms. The summed E-state index contributed by atoms with van der Waals surface area (Å²) in [6.45, 7) is 10.8. The zero-order chi connectivity index (χ0) is 48.2. The number of carbonyl (C=O) groups excluding carboxylic acids is 2. The zero-order valence-corrected chi connectivity index (χ0v) is 40.4. The van der Waals surface area contributed by atoms with Crippen LogP contribution in [0.25, 0.3) is 0 Å². The average molecular weight is 948 g/mol. The van der Waals surface area contributed by atoms with Crippen LogP contribution in [0, 0.1) is 6.92 Å². The van der Waals surface area contributed by atoms with Gasteiger partial charge in [-0.3, -0.25) is 9.36 Å². The summed E-state index contributed by atoms with van der Waals surface area (Å²) in [5.74, 6) is 1.60. The predicted octanol–water partition coefficient (Wildman–Crippen LogP) is 9.98. The third-order valence-corrected chi connectivity index (χ3v) is 14.6. The van der Waals surface area contributed by atoms with Gasteiger partial charge in [0.25, 0.3) is 12.9 Å². The molecule has 10 rings (SSSR count). The van der Waals surface area contributed by atoms with Crippen LogP contribution < -0.4 is 26.2 Å². The molecule has 4 N–H and O–H groups in total. The van der Waals surface area contributed by atoms with E-state index in [1.54, 1.807) is 49.0 Å². The van der Waals surface area contributed by atoms with Gasteiger partial charge in [-0.05, 0) is 93.2 Å². The Morgan fingerprint density at radius 3 is 1.60 bits per heavy atom. The molecular weight excluding hydrogens is 879 g/mol. The van der Waals surface area contributed by atoms with Crippen molar-refractivity contribution in [3.63, 3.8) is 0 Å². The van der Waals surface area contributed by atoms with Gasteiger partial charge in [-0.2, -0.15) is 10.2 Å². The minimum absolute atomic E-state index is 0.0744. The second kappa shape index (κ2) is 21.4. The molecule has 0 spiro atoms. The number of halogens is 4. The number of carbonyl (C=O) groups is 2. The first-order valence-electron chi connectivity index (χ1n) is 24.8. The first-order chi connectivity index (χ1) is 32.9. The quantitative estimate of drug-likeness (QED) is 0.128. The fourth-order valence-electron chi connectivity index (χ4n) is 11.1. The molecule has 2 fully saturated rings. The number of amides is 4. The molecule has 0 atom stereocenters. The molecule has 1 aliphatic carbocycles. The van der Waals surface area contributed by atoms with Crippen LogP contribution in [-0.2, 0) is 43.5 Å². The van der Waals surface area contributed by atoms with Crippen LogP contribution in [0.1, 0.15) is 147 Å². The number of aryl methyl sites for hydroxylation is 3. The van der Waals surface area contributed by atoms with Crippen LogP contribution in [0.3, 0.4) is 0 Å². The van der Waals surface area contributed by atoms with Crippen molar-refractivity contribution in [1.29, 1.82) is 0 Å². The highest BCUT2D eigenvalue weighted by Crippen LogP contribution is 2.44. The highest BCUT2D eigenvalue weighted by Gasteiger charge is 2.36. The van der Waals surface area contributed by atoms with E-state index in [0.29, 0.717) is 57.5 Å². The Morgan fingerprint density at radius 2 is 1.12 bits per heavy atom. The summed E-state index contributed by atoms with van der Waals surface area (Å²) in [6.07, 6.45) is 7.48. The van der Waals surface area contributed by atoms with Gasteiger partial charge in [0.2, 0.25) is 0 Å². The van der Waals surface area contributed by atoms with E-state index in [4.69, 9.17) is 20.7 Å². The van der Waals surface area contributed by atoms with Gasteiger partial charge in [0.1, 0.15) is 0 Å². The van der Waals surface area contributed by atoms with E-state index in [1.807, 2.05) is 19.9 Å². The number of nitrogens with two attached hydrogens (primary N) is 1. The molecule has 14 nitrogen and oxygen atoms in total. The van der Waals surface area contributed by atoms with Crippen molar-refractivity contribution in [2.45, 2.75) is 142 Å². The number of rotatable bonds is 6. The molecule has 1 saturated heterocycles. The number of nitrogens with one attached hydrogen (secondary N) is 2. The van der Waals surface area contributed by atoms with Crippen molar-refractivity contribution in [1.82, 2.24) is 40.0 Å². The molecular formula is C50H69F4N11O3. The van der Waals surface area contributed by atoms with Crippen LogP contribution in [0.5, 0.6) is 0 Å². The first kappa shape index (κ1) is 48.9. The molecule has 6 aliphatic rings. The Labute approximate surface area is 397 Å². The molecule has 370 valence electrons. The molecule has 1 saturated carbocycles. The lowest BCUT2D eigenvalue weighted by atomic mass is 9.95. The van der Waals surface area contributed by atoms with Gasteiger partial charge < -0.3 is 40.7 Å². The molecule has 4 amide bonds. The van der Waals surface area contributed by atoms with E-state index in [9.17, 15) is 27.2 Å². The number of urea groups is 2. The van der Waals surface area contributed by atoms with E-state index in [0.717, 1.165) is 122 Å². The first-order valence-corrected chi connectivity index (χ1v) is 24.8. The third-order valence-electron chi connectivity index (χ3n) is 14.6. The molecule has 0 unspecified atom stereocenters. The lowest BCUT2D eigenvalue weighted by Crippen LogP contribution is -2.42. The van der Waals surface area contributed by atoms with E-state index >= 15 is 0 Å². The Kier molecular flexibility index (Phi) is 15.4. The molecule has 0 radical (unpaired) electrons. The van der Waals surface area contributed by atoms with Crippen molar-refractivity contribution in [2.24, 2.45) is 0 Å². The van der Waals surface area contributed by atoms with Crippen molar-refractivity contribution < 1.29 is 31.9 Å². The second-order valence-corrected chi connectivity index (χ2v) is 18.5. The predicted molar refractivity (Wildman–Crippen MR) is 257 cm³/mol. The fraction of sp³-hybridized carbons (Fsp3) is 0.600. The lowest BCUT2D eigenvalue weighted by Gasteiger charge is -2.33. The van der Waals surface area contributed by atoms with Crippen LogP contribution in [0.4, 0.5) is 55.8 Å². The lowest BCUT2D eigenvalue weighted by molar-refractivity contribution is 0.0651. The second-order valence-electron chi connectivity index (χ2n) is 18.5. The average Bonchev–Trinajstić information content (AvgIpc) is 3.94. The molecule has 68 heavy (non-hydrogen) atoms. The van der Waals surface area contributed by atoms with Crippen LogP contribution in [0.2, 0.25) is 0 Å². The van der Waals surface area contributed by atoms with Gasteiger partial charge in [-0.1, -0.05) is 39.2 Å². The van der Waals surface area contributed by atoms with Crippen LogP contribution >= 0.6 is 0 Å². The smallest absolute Gasteiger partial charge is 0.317 e. The van der Waals surface area contributed by atoms with Gasteiger partial charge in [-0.25, -0.2) is 27.2 Å². The van der Waals surface area contributed by atoms with Gasteiger partial charge in [0.15, 0.2) is 11.6 Å². The topological polar surface area (TPSA) is 142 Å². The number of hydrogen-bond acceptors (Lipinski definition) is 8. The van der Waals surface area contributed by atoms with Gasteiger partial charge in [-0.15, -0.1) is 0 Å². The van der Waals surface area contributed by atoms with Gasteiger partial charge in [0, 0.05) is 117 Å². The highest BCUT2D eigenvalue weighted by molar-refractivity contribution is 5.77. The Morgan fingerprint density at radius 1 is 0.647 bits per heavy atom. The molecule has 4 aromatic rings. The number of nitrogen functional groups attached to an aromatic ring is 1. The standard InChI is InChI=1S/C24H32F2N6O.C24H31F2N5O2.C2H6/c1-28-24(33)30-11-9-20-18(14-30)23(29-32(20)16-7-3-2-4-8-16)31-10-5-6-15-12-19(27)17(22(25)26)13-21(15)31;1-15-12-16-4-3-8-30(21(16)13-18(15)22(25)26)23-19-14-29(24(32)27-2)9-5-20(19)31(28-23)17-6-10-33-11-7-17;1-2/h12-13,16,22H,2-11,14,27H2,1H3,(H,28,33);12-13,17,22H,3-11,14H2,1-2H3,(H,27,32);1-2H3. The van der Waals surface area contributed by atoms with E-state index < -0.39 is 12.9 Å². The Balaban J connectivity index is 0.000000177. The number of nitrogens with zero attached hydrogens (tertiary/aromatic N) is 8. The van der Waals surface area contributed by atoms with Crippen molar-refractivity contribution in [2.75, 3.05) is 69.0 Å². The normalized spacial score (nSPS) is 18.5. The summed E-state index contributed by atoms with van der Waals surface area (Å²) in [6, 6.07) is 7.19. The number of anilines is 5. The van der Waals surface area contributed by atoms with Crippen molar-refractivity contribution >= 4 is 40.8 Å². The summed E-state index contributed by atoms with van der Waals surface area (Å²) in [4.78, 5) is 32.6. The maximum Gasteiger partial charge on any atom is 0.317 e. The van der Waals surface area contributed by atoms with Gasteiger partial charge in [0.05, 0.1) is 25.2 Å². The SMILES string of the molecule is CC.CNC(=O)N1CCc2c(c(N3CCCc4cc(C)c(C(F)F)cc43)nn2C2CCOCC2)C1.CNC(=O)N1CCc2c(c(N3CCCc4cc(N)c(C(F)F)cc43)nn2C2CCCCC2)C1. The number of ether oxygens (including phenoxy) is 1. The molecule has 0 bridgehead atoms. The minimum atomic E-state index is -2.63. The number of alkyl halides is 4. The Bertz CT molecular complexity index is 2260. The van der Waals surface area contributed by atoms with Crippen molar-refractivity contribution in [3.8, 4) is 0 Å². The zero-order valence-electron chi connectivity index (χ0n) is 40.4. The van der Waals surface area contributed by atoms with Crippen molar-refractivity contribution in [3.05, 3.63) is 74.6 Å². The van der Waals surface area contributed by atoms with Gasteiger partial charge >= 0.3 is 12.1 Å². The number of benzene rings is 2. The number of hydrogen-bond donors (Lipinski definition) is 3. The largest absolute Gasteiger partial charge is 0.398 e. The number of fused-ring (bicyclic) bond motifs is 4. The summed E-state index contributed by atoms with van der Waals surface area (Å²) >= 11 is 0. The number of aromatic nitrogens is 4. The van der Waals surface area contributed by atoms with E-state index in [2.05, 4.69) is 29.8 Å². The summed E-state index contributed by atoms with van der Waals surface area (Å²) < 4.78 is 64.7. The Hall–Kier alpha value is -5.52. The molecule has 2 aromatic heterocycles. The monoisotopic (exact) mass is 948 g/mol. The van der Waals surface area contributed by atoms with E-state index in [-0.39, 0.29) is 34.9 Å². The highest BCUT2D eigenvalue weighted by atomic mass is 19.3. The summed E-state index contributed by atoms with van der Waals surface area (Å²) in [7, 11) is 3.28. The fourth-order valence-corrected chi connectivity index (χ4v) is 11.1.